The van der Waals surface area contributed by atoms with Gasteiger partial charge >= 0.3 is 0 Å². The number of rotatable bonds is 6. The highest BCUT2D eigenvalue weighted by molar-refractivity contribution is 6.33. The van der Waals surface area contributed by atoms with E-state index in [0.717, 1.165) is 11.9 Å². The Morgan fingerprint density at radius 3 is 2.74 bits per heavy atom. The smallest absolute Gasteiger partial charge is 0.258 e. The van der Waals surface area contributed by atoms with Crippen molar-refractivity contribution in [3.05, 3.63) is 45.9 Å². The summed E-state index contributed by atoms with van der Waals surface area (Å²) in [5, 5.41) is 3.68. The molecular weight excluding hydrogens is 389 g/mol. The number of ether oxygens (including phenoxy) is 2. The number of imidazole rings is 1. The number of halogens is 2. The first kappa shape index (κ1) is 19.3. The van der Waals surface area contributed by atoms with E-state index in [4.69, 9.17) is 32.7 Å². The van der Waals surface area contributed by atoms with Crippen molar-refractivity contribution < 1.29 is 14.3 Å². The number of hydrogen-bond acceptors (Lipinski definition) is 4. The summed E-state index contributed by atoms with van der Waals surface area (Å²) in [7, 11) is 3.31. The Labute approximate surface area is 167 Å². The minimum Gasteiger partial charge on any atom is -0.493 e. The van der Waals surface area contributed by atoms with Crippen LogP contribution in [0.2, 0.25) is 10.0 Å². The van der Waals surface area contributed by atoms with Gasteiger partial charge < -0.3 is 14.0 Å². The summed E-state index contributed by atoms with van der Waals surface area (Å²) in [6, 6.07) is 8.50. The van der Waals surface area contributed by atoms with Crippen LogP contribution in [0.25, 0.3) is 11.0 Å². The minimum atomic E-state index is -0.359. The van der Waals surface area contributed by atoms with E-state index >= 15 is 0 Å². The molecule has 6 nitrogen and oxygen atoms in total. The molecule has 3 aromatic rings. The molecule has 2 aromatic carbocycles. The normalized spacial score (nSPS) is 10.9. The summed E-state index contributed by atoms with van der Waals surface area (Å²) in [6.07, 6.45) is 0.832. The molecule has 0 saturated heterocycles. The molecule has 0 bridgehead atoms. The van der Waals surface area contributed by atoms with Crippen molar-refractivity contribution in [2.45, 2.75) is 13.3 Å². The summed E-state index contributed by atoms with van der Waals surface area (Å²) in [5.74, 6) is 0.869. The molecule has 0 fully saturated rings. The second kappa shape index (κ2) is 8.06. The molecule has 0 aliphatic rings. The Balaban J connectivity index is 1.90. The fraction of sp³-hybridized carbons (Fsp3) is 0.263. The second-order valence-corrected chi connectivity index (χ2v) is 6.76. The van der Waals surface area contributed by atoms with E-state index in [0.29, 0.717) is 45.2 Å². The van der Waals surface area contributed by atoms with E-state index in [2.05, 4.69) is 10.3 Å². The van der Waals surface area contributed by atoms with Gasteiger partial charge in [0.05, 0.1) is 29.8 Å². The zero-order valence-corrected chi connectivity index (χ0v) is 16.7. The molecule has 0 radical (unpaired) electrons. The fourth-order valence-corrected chi connectivity index (χ4v) is 3.09. The van der Waals surface area contributed by atoms with Crippen LogP contribution in [0, 0.1) is 0 Å². The van der Waals surface area contributed by atoms with Gasteiger partial charge in [-0.2, -0.15) is 0 Å². The lowest BCUT2D eigenvalue weighted by atomic mass is 10.2. The van der Waals surface area contributed by atoms with E-state index < -0.39 is 0 Å². The molecule has 142 valence electrons. The maximum atomic E-state index is 12.7. The average molecular weight is 408 g/mol. The number of methoxy groups -OCH3 is 1. The minimum absolute atomic E-state index is 0.310. The van der Waals surface area contributed by atoms with Gasteiger partial charge in [-0.25, -0.2) is 4.98 Å². The number of carbonyl (C=O) groups excluding carboxylic acids is 1. The van der Waals surface area contributed by atoms with Gasteiger partial charge in [-0.1, -0.05) is 30.1 Å². The summed E-state index contributed by atoms with van der Waals surface area (Å²) in [4.78, 5) is 17.1. The van der Waals surface area contributed by atoms with Crippen LogP contribution in [0.5, 0.6) is 11.5 Å². The molecule has 1 aromatic heterocycles. The molecule has 0 atom stereocenters. The third-order valence-corrected chi connectivity index (χ3v) is 4.53. The number of nitrogens with zero attached hydrogens (tertiary/aromatic N) is 2. The predicted molar refractivity (Wildman–Crippen MR) is 107 cm³/mol. The third-order valence-electron chi connectivity index (χ3n) is 4.01. The summed E-state index contributed by atoms with van der Waals surface area (Å²) < 4.78 is 12.7. The van der Waals surface area contributed by atoms with Crippen LogP contribution in [0.4, 0.5) is 5.95 Å². The molecule has 8 heteroatoms. The van der Waals surface area contributed by atoms with Crippen molar-refractivity contribution in [3.8, 4) is 11.5 Å². The van der Waals surface area contributed by atoms with Gasteiger partial charge in [0.1, 0.15) is 0 Å². The number of hydrogen-bond donors (Lipinski definition) is 1. The topological polar surface area (TPSA) is 65.4 Å². The average Bonchev–Trinajstić information content (AvgIpc) is 2.94. The molecule has 1 amide bonds. The Hall–Kier alpha value is -2.44. The monoisotopic (exact) mass is 407 g/mol. The van der Waals surface area contributed by atoms with Crippen molar-refractivity contribution in [2.75, 3.05) is 19.0 Å². The second-order valence-electron chi connectivity index (χ2n) is 5.92. The van der Waals surface area contributed by atoms with Crippen molar-refractivity contribution in [1.82, 2.24) is 9.55 Å². The van der Waals surface area contributed by atoms with E-state index in [1.807, 2.05) is 20.0 Å². The SMILES string of the molecule is CCCOc1c(Cl)cc(C(=O)Nc2nc3cc(Cl)ccc3n2C)cc1OC. The van der Waals surface area contributed by atoms with Gasteiger partial charge in [-0.3, -0.25) is 10.1 Å². The van der Waals surface area contributed by atoms with Gasteiger partial charge in [0.2, 0.25) is 5.95 Å². The maximum absolute atomic E-state index is 12.7. The van der Waals surface area contributed by atoms with E-state index in [9.17, 15) is 4.79 Å². The molecule has 0 saturated carbocycles. The fourth-order valence-electron chi connectivity index (χ4n) is 2.65. The first-order valence-electron chi connectivity index (χ1n) is 8.38. The number of aryl methyl sites for hydroxylation is 1. The Morgan fingerprint density at radius 1 is 1.26 bits per heavy atom. The van der Waals surface area contributed by atoms with Crippen molar-refractivity contribution >= 4 is 46.1 Å². The lowest BCUT2D eigenvalue weighted by molar-refractivity contribution is 0.102. The first-order valence-corrected chi connectivity index (χ1v) is 9.13. The highest BCUT2D eigenvalue weighted by Gasteiger charge is 2.18. The van der Waals surface area contributed by atoms with Crippen molar-refractivity contribution in [2.24, 2.45) is 7.05 Å². The first-order chi connectivity index (χ1) is 12.9. The summed E-state index contributed by atoms with van der Waals surface area (Å²) in [5.41, 5.74) is 1.89. The number of nitrogens with one attached hydrogen (secondary N) is 1. The maximum Gasteiger partial charge on any atom is 0.258 e. The Kier molecular flexibility index (Phi) is 5.77. The standard InChI is InChI=1S/C19H19Cl2N3O3/c1-4-7-27-17-13(21)8-11(9-16(17)26-3)18(25)23-19-22-14-10-12(20)5-6-15(14)24(19)2/h5-6,8-10H,4,7H2,1-3H3,(H,22,23,25). The molecule has 3 rings (SSSR count). The zero-order valence-electron chi connectivity index (χ0n) is 15.2. The zero-order chi connectivity index (χ0) is 19.6. The van der Waals surface area contributed by atoms with Crippen molar-refractivity contribution in [1.29, 1.82) is 0 Å². The number of amides is 1. The van der Waals surface area contributed by atoms with Crippen LogP contribution in [0.15, 0.2) is 30.3 Å². The van der Waals surface area contributed by atoms with E-state index in [-0.39, 0.29) is 5.91 Å². The number of aromatic nitrogens is 2. The van der Waals surface area contributed by atoms with Crippen molar-refractivity contribution in [3.63, 3.8) is 0 Å². The lowest BCUT2D eigenvalue weighted by Crippen LogP contribution is -2.15. The molecule has 0 aliphatic heterocycles. The van der Waals surface area contributed by atoms with Gasteiger partial charge in [0, 0.05) is 17.6 Å². The van der Waals surface area contributed by atoms with E-state index in [1.165, 1.54) is 7.11 Å². The predicted octanol–water partition coefficient (Wildman–Crippen LogP) is 4.93. The summed E-state index contributed by atoms with van der Waals surface area (Å²) in [6.45, 7) is 2.50. The van der Waals surface area contributed by atoms with Crippen LogP contribution < -0.4 is 14.8 Å². The molecule has 0 unspecified atom stereocenters. The van der Waals surface area contributed by atoms with E-state index in [1.54, 1.807) is 28.8 Å². The van der Waals surface area contributed by atoms with Gasteiger partial charge in [-0.05, 0) is 36.8 Å². The Morgan fingerprint density at radius 2 is 2.04 bits per heavy atom. The lowest BCUT2D eigenvalue weighted by Gasteiger charge is -2.13. The molecule has 1 N–H and O–H groups in total. The van der Waals surface area contributed by atoms with Crippen LogP contribution in [-0.4, -0.2) is 29.2 Å². The molecule has 1 heterocycles. The number of fused-ring (bicyclic) bond motifs is 1. The van der Waals surface area contributed by atoms with Crippen LogP contribution in [0.1, 0.15) is 23.7 Å². The molecule has 0 spiro atoms. The molecule has 27 heavy (non-hydrogen) atoms. The van der Waals surface area contributed by atoms with Crippen LogP contribution in [0.3, 0.4) is 0 Å². The summed E-state index contributed by atoms with van der Waals surface area (Å²) >= 11 is 12.3. The van der Waals surface area contributed by atoms with Crippen LogP contribution in [-0.2, 0) is 7.05 Å². The molecule has 0 aliphatic carbocycles. The highest BCUT2D eigenvalue weighted by atomic mass is 35.5. The van der Waals surface area contributed by atoms with Crippen LogP contribution >= 0.6 is 23.2 Å². The molecular formula is C19H19Cl2N3O3. The number of benzene rings is 2. The van der Waals surface area contributed by atoms with Gasteiger partial charge in [0.15, 0.2) is 11.5 Å². The number of carbonyl (C=O) groups is 1. The quantitative estimate of drug-likeness (QED) is 0.628. The Bertz CT molecular complexity index is 1000. The largest absolute Gasteiger partial charge is 0.493 e. The highest BCUT2D eigenvalue weighted by Crippen LogP contribution is 2.36. The number of anilines is 1. The van der Waals surface area contributed by atoms with Gasteiger partial charge in [0.25, 0.3) is 5.91 Å². The van der Waals surface area contributed by atoms with Gasteiger partial charge in [-0.15, -0.1) is 0 Å². The third kappa shape index (κ3) is 3.96.